The molecule has 218 valence electrons. The van der Waals surface area contributed by atoms with E-state index in [1.807, 2.05) is 6.20 Å². The highest BCUT2D eigenvalue weighted by Crippen LogP contribution is 2.43. The summed E-state index contributed by atoms with van der Waals surface area (Å²) in [6, 6.07) is 37.4. The summed E-state index contributed by atoms with van der Waals surface area (Å²) in [6.45, 7) is 1.65. The molecule has 0 aliphatic carbocycles. The van der Waals surface area contributed by atoms with Crippen molar-refractivity contribution in [3.63, 3.8) is 0 Å². The number of benzene rings is 4. The van der Waals surface area contributed by atoms with Crippen molar-refractivity contribution in [1.29, 1.82) is 0 Å². The minimum atomic E-state index is 0.00199. The summed E-state index contributed by atoms with van der Waals surface area (Å²) in [5.74, 6) is 0.975. The molecule has 4 aliphatic heterocycles. The van der Waals surface area contributed by atoms with Crippen LogP contribution in [0, 0.1) is 0 Å². The first-order valence-corrected chi connectivity index (χ1v) is 15.4. The van der Waals surface area contributed by atoms with Crippen LogP contribution in [0.1, 0.15) is 0 Å². The summed E-state index contributed by atoms with van der Waals surface area (Å²) in [5.41, 5.74) is 11.9. The zero-order valence-corrected chi connectivity index (χ0v) is 25.3. The minimum Gasteiger partial charge on any atom is -0.361 e. The Bertz CT molecular complexity index is 1850. The summed E-state index contributed by atoms with van der Waals surface area (Å²) in [6.07, 6.45) is 10.6. The second kappa shape index (κ2) is 9.96. The normalized spacial score (nSPS) is 16.0. The molecule has 1 aromatic heterocycles. The Hall–Kier alpha value is -5.63. The van der Waals surface area contributed by atoms with Crippen molar-refractivity contribution in [3.8, 4) is 0 Å². The van der Waals surface area contributed by atoms with Crippen molar-refractivity contribution in [2.24, 2.45) is 0 Å². The van der Waals surface area contributed by atoms with E-state index in [2.05, 4.69) is 171 Å². The predicted molar refractivity (Wildman–Crippen MR) is 187 cm³/mol. The van der Waals surface area contributed by atoms with Gasteiger partial charge in [0.25, 0.3) is 6.71 Å². The Balaban J connectivity index is 1.33. The van der Waals surface area contributed by atoms with E-state index < -0.39 is 0 Å². The highest BCUT2D eigenvalue weighted by molar-refractivity contribution is 7.00. The summed E-state index contributed by atoms with van der Waals surface area (Å²) >= 11 is 0. The monoisotopic (exact) mass is 585 g/mol. The third-order valence-corrected chi connectivity index (χ3v) is 9.26. The van der Waals surface area contributed by atoms with Crippen LogP contribution in [-0.2, 0) is 0 Å². The molecule has 5 heterocycles. The Morgan fingerprint density at radius 2 is 1.07 bits per heavy atom. The second-order valence-electron chi connectivity index (χ2n) is 12.2. The van der Waals surface area contributed by atoms with Crippen LogP contribution < -0.4 is 36.0 Å². The zero-order valence-electron chi connectivity index (χ0n) is 25.3. The lowest BCUT2D eigenvalue weighted by molar-refractivity contribution is 0.496. The number of nitrogens with zero attached hydrogens (tertiary/aromatic N) is 7. The van der Waals surface area contributed by atoms with Crippen LogP contribution in [-0.4, -0.2) is 48.9 Å². The van der Waals surface area contributed by atoms with Gasteiger partial charge in [-0.25, -0.2) is 4.98 Å². The molecule has 0 saturated carbocycles. The van der Waals surface area contributed by atoms with E-state index in [9.17, 15) is 0 Å². The van der Waals surface area contributed by atoms with Crippen molar-refractivity contribution >= 4 is 68.7 Å². The van der Waals surface area contributed by atoms with E-state index >= 15 is 0 Å². The quantitative estimate of drug-likeness (QED) is 0.252. The number of aromatic nitrogens is 1. The van der Waals surface area contributed by atoms with Crippen LogP contribution >= 0.6 is 0 Å². The number of hydrogen-bond donors (Lipinski definition) is 0. The van der Waals surface area contributed by atoms with Crippen LogP contribution in [0.2, 0.25) is 0 Å². The fourth-order valence-corrected chi connectivity index (χ4v) is 7.22. The van der Waals surface area contributed by atoms with Gasteiger partial charge in [0, 0.05) is 84.9 Å². The van der Waals surface area contributed by atoms with Gasteiger partial charge in [-0.3, -0.25) is 4.90 Å². The molecule has 5 aromatic rings. The van der Waals surface area contributed by atoms with Crippen molar-refractivity contribution in [3.05, 3.63) is 134 Å². The fraction of sp³-hybridized carbons (Fsp3) is 0.108. The standard InChI is InChI=1S/C37H32BN7/c1-40-19-21-42(25-40)29-13-15-33-31(23-29)38-32-24-30(43-22-20-41(2)26-43)14-16-34(32)45(28-11-7-4-8-12-28)37-36(38)35(17-18-39-37)44(33)27-9-5-3-6-10-27/h3-24H,25-26H2,1-2H3. The highest BCUT2D eigenvalue weighted by atomic mass is 15.3. The molecule has 9 rings (SSSR count). The van der Waals surface area contributed by atoms with Gasteiger partial charge in [-0.1, -0.05) is 36.4 Å². The Labute approximate surface area is 264 Å². The molecule has 0 atom stereocenters. The molecule has 4 aliphatic rings. The summed E-state index contributed by atoms with van der Waals surface area (Å²) in [4.78, 5) is 18.9. The van der Waals surface area contributed by atoms with E-state index in [0.29, 0.717) is 0 Å². The van der Waals surface area contributed by atoms with Gasteiger partial charge in [0.05, 0.1) is 13.3 Å². The van der Waals surface area contributed by atoms with E-state index in [-0.39, 0.29) is 6.71 Å². The maximum Gasteiger partial charge on any atom is 0.254 e. The lowest BCUT2D eigenvalue weighted by atomic mass is 9.33. The van der Waals surface area contributed by atoms with E-state index in [0.717, 1.165) is 41.9 Å². The average molecular weight is 586 g/mol. The van der Waals surface area contributed by atoms with Crippen molar-refractivity contribution < 1.29 is 0 Å². The van der Waals surface area contributed by atoms with E-state index in [1.165, 1.54) is 33.5 Å². The van der Waals surface area contributed by atoms with Gasteiger partial charge < -0.3 is 24.5 Å². The highest BCUT2D eigenvalue weighted by Gasteiger charge is 2.44. The largest absolute Gasteiger partial charge is 0.361 e. The Morgan fingerprint density at radius 3 is 1.60 bits per heavy atom. The zero-order chi connectivity index (χ0) is 30.1. The fourth-order valence-electron chi connectivity index (χ4n) is 7.22. The first-order chi connectivity index (χ1) is 22.1. The average Bonchev–Trinajstić information content (AvgIpc) is 3.73. The molecule has 0 amide bonds. The van der Waals surface area contributed by atoms with Gasteiger partial charge in [0.1, 0.15) is 5.82 Å². The van der Waals surface area contributed by atoms with Crippen LogP contribution in [0.5, 0.6) is 0 Å². The summed E-state index contributed by atoms with van der Waals surface area (Å²) < 4.78 is 0. The molecule has 4 aromatic carbocycles. The molecule has 45 heavy (non-hydrogen) atoms. The summed E-state index contributed by atoms with van der Waals surface area (Å²) in [5, 5.41) is 0. The molecule has 0 bridgehead atoms. The molecular weight excluding hydrogens is 553 g/mol. The lowest BCUT2D eigenvalue weighted by Crippen LogP contribution is -2.61. The van der Waals surface area contributed by atoms with Crippen molar-refractivity contribution in [2.75, 3.05) is 47.0 Å². The molecule has 0 fully saturated rings. The number of anilines is 8. The smallest absolute Gasteiger partial charge is 0.254 e. The van der Waals surface area contributed by atoms with E-state index in [4.69, 9.17) is 4.98 Å². The van der Waals surface area contributed by atoms with Crippen molar-refractivity contribution in [1.82, 2.24) is 14.8 Å². The summed E-state index contributed by atoms with van der Waals surface area (Å²) in [7, 11) is 4.23. The minimum absolute atomic E-state index is 0.00199. The van der Waals surface area contributed by atoms with Crippen LogP contribution in [0.3, 0.4) is 0 Å². The maximum atomic E-state index is 5.13. The molecule has 0 spiro atoms. The van der Waals surface area contributed by atoms with Gasteiger partial charge in [0.15, 0.2) is 0 Å². The second-order valence-corrected chi connectivity index (χ2v) is 12.2. The number of para-hydroxylation sites is 2. The third-order valence-electron chi connectivity index (χ3n) is 9.26. The van der Waals surface area contributed by atoms with Gasteiger partial charge in [-0.2, -0.15) is 0 Å². The van der Waals surface area contributed by atoms with E-state index in [1.54, 1.807) is 0 Å². The first-order valence-electron chi connectivity index (χ1n) is 15.4. The number of pyridine rings is 1. The predicted octanol–water partition coefficient (Wildman–Crippen LogP) is 5.53. The Kier molecular flexibility index (Phi) is 5.72. The number of rotatable bonds is 4. The Morgan fingerprint density at radius 1 is 0.533 bits per heavy atom. The molecule has 8 heteroatoms. The number of fused-ring (bicyclic) bond motifs is 4. The van der Waals surface area contributed by atoms with Crippen molar-refractivity contribution in [2.45, 2.75) is 0 Å². The van der Waals surface area contributed by atoms with Crippen LogP contribution in [0.15, 0.2) is 134 Å². The van der Waals surface area contributed by atoms with Crippen LogP contribution in [0.4, 0.5) is 45.6 Å². The van der Waals surface area contributed by atoms with Crippen LogP contribution in [0.25, 0.3) is 0 Å². The topological polar surface area (TPSA) is 32.3 Å². The third kappa shape index (κ3) is 4.02. The lowest BCUT2D eigenvalue weighted by Gasteiger charge is -2.43. The van der Waals surface area contributed by atoms with Gasteiger partial charge in [0.2, 0.25) is 0 Å². The number of hydrogen-bond acceptors (Lipinski definition) is 7. The van der Waals surface area contributed by atoms with Gasteiger partial charge in [-0.05, 0) is 83.1 Å². The maximum absolute atomic E-state index is 5.13. The van der Waals surface area contributed by atoms with Gasteiger partial charge in [-0.15, -0.1) is 0 Å². The molecular formula is C37H32BN7. The first kappa shape index (κ1) is 25.8. The molecule has 0 unspecified atom stereocenters. The molecule has 0 N–H and O–H groups in total. The molecule has 7 nitrogen and oxygen atoms in total. The molecule has 0 saturated heterocycles. The van der Waals surface area contributed by atoms with Gasteiger partial charge >= 0.3 is 0 Å². The molecule has 0 radical (unpaired) electrons. The SMILES string of the molecule is CN1C=CN(c2ccc3c(c2)B2c4cc(N5C=CN(C)C5)ccc4N(c4ccccc4)c4nccc(c42)N3c2ccccc2)C1.